The second-order valence-corrected chi connectivity index (χ2v) is 8.79. The Kier molecular flexibility index (Phi) is 7.30. The molecule has 0 atom stereocenters. The van der Waals surface area contributed by atoms with Gasteiger partial charge in [-0.3, -0.25) is 9.69 Å². The third kappa shape index (κ3) is 5.13. The molecule has 0 spiro atoms. The molecule has 0 saturated carbocycles. The van der Waals surface area contributed by atoms with Crippen molar-refractivity contribution in [1.29, 1.82) is 0 Å². The van der Waals surface area contributed by atoms with Gasteiger partial charge in [0, 0.05) is 0 Å². The zero-order valence-corrected chi connectivity index (χ0v) is 20.2. The SMILES string of the molecule is CCOc1cc(/C=C2/SC(=S)N(c3ccc(OC)cc3)C2=O)ccc1OC(=O)c1ccccc1. The molecule has 172 valence electrons. The predicted molar refractivity (Wildman–Crippen MR) is 138 cm³/mol. The lowest BCUT2D eigenvalue weighted by molar-refractivity contribution is -0.113. The molecule has 0 N–H and O–H groups in total. The number of hydrogen-bond donors (Lipinski definition) is 0. The van der Waals surface area contributed by atoms with E-state index in [9.17, 15) is 9.59 Å². The first kappa shape index (κ1) is 23.5. The van der Waals surface area contributed by atoms with Crippen LogP contribution in [-0.2, 0) is 4.79 Å². The van der Waals surface area contributed by atoms with E-state index in [1.165, 1.54) is 16.7 Å². The molecule has 0 unspecified atom stereocenters. The van der Waals surface area contributed by atoms with Gasteiger partial charge in [0.05, 0.1) is 29.9 Å². The summed E-state index contributed by atoms with van der Waals surface area (Å²) in [7, 11) is 1.59. The van der Waals surface area contributed by atoms with Gasteiger partial charge in [-0.15, -0.1) is 0 Å². The molecule has 4 rings (SSSR count). The van der Waals surface area contributed by atoms with Crippen molar-refractivity contribution in [3.05, 3.63) is 88.8 Å². The highest BCUT2D eigenvalue weighted by Gasteiger charge is 2.33. The van der Waals surface area contributed by atoms with E-state index in [2.05, 4.69) is 0 Å². The quantitative estimate of drug-likeness (QED) is 0.181. The van der Waals surface area contributed by atoms with Gasteiger partial charge < -0.3 is 14.2 Å². The number of carbonyl (C=O) groups excluding carboxylic acids is 2. The van der Waals surface area contributed by atoms with Crippen LogP contribution in [0.4, 0.5) is 5.69 Å². The van der Waals surface area contributed by atoms with Crippen molar-refractivity contribution in [2.24, 2.45) is 0 Å². The van der Waals surface area contributed by atoms with Crippen LogP contribution in [0.5, 0.6) is 17.2 Å². The smallest absolute Gasteiger partial charge is 0.343 e. The van der Waals surface area contributed by atoms with Crippen LogP contribution in [0.25, 0.3) is 6.08 Å². The number of anilines is 1. The van der Waals surface area contributed by atoms with Gasteiger partial charge in [-0.1, -0.05) is 48.2 Å². The standard InChI is InChI=1S/C26H21NO5S2/c1-3-31-22-15-17(9-14-21(22)32-25(29)18-7-5-4-6-8-18)16-23-24(28)27(26(33)34-23)19-10-12-20(30-2)13-11-19/h4-16H,3H2,1-2H3/b23-16+. The molecular weight excluding hydrogens is 470 g/mol. The highest BCUT2D eigenvalue weighted by molar-refractivity contribution is 8.27. The number of methoxy groups -OCH3 is 1. The van der Waals surface area contributed by atoms with Crippen LogP contribution in [-0.4, -0.2) is 29.9 Å². The van der Waals surface area contributed by atoms with Gasteiger partial charge >= 0.3 is 5.97 Å². The fourth-order valence-corrected chi connectivity index (χ4v) is 4.57. The van der Waals surface area contributed by atoms with Crippen LogP contribution in [0, 0.1) is 0 Å². The first-order valence-corrected chi connectivity index (χ1v) is 11.7. The number of thioether (sulfide) groups is 1. The molecule has 1 amide bonds. The molecule has 0 bridgehead atoms. The van der Waals surface area contributed by atoms with Crippen molar-refractivity contribution in [1.82, 2.24) is 0 Å². The number of nitrogens with zero attached hydrogens (tertiary/aromatic N) is 1. The number of thiocarbonyl (C=S) groups is 1. The van der Waals surface area contributed by atoms with E-state index < -0.39 is 5.97 Å². The Morgan fingerprint density at radius 1 is 1.03 bits per heavy atom. The zero-order chi connectivity index (χ0) is 24.1. The molecule has 1 heterocycles. The summed E-state index contributed by atoms with van der Waals surface area (Å²) in [6.45, 7) is 2.23. The lowest BCUT2D eigenvalue weighted by Gasteiger charge is -2.14. The zero-order valence-electron chi connectivity index (χ0n) is 18.5. The third-order valence-electron chi connectivity index (χ3n) is 4.90. The number of hydrogen-bond acceptors (Lipinski definition) is 7. The highest BCUT2D eigenvalue weighted by atomic mass is 32.2. The maximum Gasteiger partial charge on any atom is 0.343 e. The third-order valence-corrected chi connectivity index (χ3v) is 6.20. The van der Waals surface area contributed by atoms with Crippen LogP contribution >= 0.6 is 24.0 Å². The Morgan fingerprint density at radius 2 is 1.76 bits per heavy atom. The number of carbonyl (C=O) groups is 2. The van der Waals surface area contributed by atoms with Crippen LogP contribution in [0.15, 0.2) is 77.7 Å². The lowest BCUT2D eigenvalue weighted by atomic mass is 10.1. The van der Waals surface area contributed by atoms with E-state index in [1.54, 1.807) is 79.9 Å². The van der Waals surface area contributed by atoms with Gasteiger partial charge in [0.25, 0.3) is 5.91 Å². The summed E-state index contributed by atoms with van der Waals surface area (Å²) in [5.41, 5.74) is 1.83. The Bertz CT molecular complexity index is 1260. The van der Waals surface area contributed by atoms with Crippen molar-refractivity contribution < 1.29 is 23.8 Å². The summed E-state index contributed by atoms with van der Waals surface area (Å²) < 4.78 is 16.9. The Hall–Kier alpha value is -3.62. The largest absolute Gasteiger partial charge is 0.497 e. The van der Waals surface area contributed by atoms with Crippen LogP contribution < -0.4 is 19.1 Å². The van der Waals surface area contributed by atoms with Crippen molar-refractivity contribution in [3.8, 4) is 17.2 Å². The van der Waals surface area contributed by atoms with Gasteiger partial charge in [-0.05, 0) is 67.1 Å². The molecule has 1 aliphatic heterocycles. The first-order chi connectivity index (χ1) is 16.5. The van der Waals surface area contributed by atoms with Crippen molar-refractivity contribution in [2.75, 3.05) is 18.6 Å². The molecule has 0 aliphatic carbocycles. The summed E-state index contributed by atoms with van der Waals surface area (Å²) in [5, 5.41) is 0. The monoisotopic (exact) mass is 491 g/mol. The maximum absolute atomic E-state index is 13.1. The maximum atomic E-state index is 13.1. The van der Waals surface area contributed by atoms with Crippen LogP contribution in [0.2, 0.25) is 0 Å². The Balaban J connectivity index is 1.57. The number of rotatable bonds is 7. The second-order valence-electron chi connectivity index (χ2n) is 7.11. The molecule has 0 radical (unpaired) electrons. The van der Waals surface area contributed by atoms with Crippen molar-refractivity contribution in [3.63, 3.8) is 0 Å². The average Bonchev–Trinajstić information content (AvgIpc) is 3.13. The van der Waals surface area contributed by atoms with Gasteiger partial charge in [0.1, 0.15) is 5.75 Å². The predicted octanol–water partition coefficient (Wildman–Crippen LogP) is 5.72. The van der Waals surface area contributed by atoms with E-state index in [-0.39, 0.29) is 5.91 Å². The summed E-state index contributed by atoms with van der Waals surface area (Å²) in [6, 6.07) is 21.0. The molecule has 1 saturated heterocycles. The molecule has 1 fully saturated rings. The van der Waals surface area contributed by atoms with E-state index >= 15 is 0 Å². The molecule has 3 aromatic rings. The van der Waals surface area contributed by atoms with E-state index in [0.717, 1.165) is 5.56 Å². The normalized spacial score (nSPS) is 14.4. The van der Waals surface area contributed by atoms with Gasteiger partial charge in [0.15, 0.2) is 15.8 Å². The Morgan fingerprint density at radius 3 is 2.44 bits per heavy atom. The molecule has 3 aromatic carbocycles. The fourth-order valence-electron chi connectivity index (χ4n) is 3.27. The summed E-state index contributed by atoms with van der Waals surface area (Å²) in [5.74, 6) is 0.721. The number of benzene rings is 3. The molecule has 0 aromatic heterocycles. The van der Waals surface area contributed by atoms with E-state index in [4.69, 9.17) is 26.4 Å². The lowest BCUT2D eigenvalue weighted by Crippen LogP contribution is -2.27. The number of esters is 1. The average molecular weight is 492 g/mol. The van der Waals surface area contributed by atoms with E-state index in [0.29, 0.717) is 44.3 Å². The summed E-state index contributed by atoms with van der Waals surface area (Å²) in [4.78, 5) is 27.5. The molecular formula is C26H21NO5S2. The fraction of sp³-hybridized carbons (Fsp3) is 0.115. The number of ether oxygens (including phenoxy) is 3. The molecule has 1 aliphatic rings. The van der Waals surface area contributed by atoms with Crippen LogP contribution in [0.1, 0.15) is 22.8 Å². The molecule has 6 nitrogen and oxygen atoms in total. The van der Waals surface area contributed by atoms with Gasteiger partial charge in [-0.2, -0.15) is 0 Å². The highest BCUT2D eigenvalue weighted by Crippen LogP contribution is 2.37. The van der Waals surface area contributed by atoms with Crippen molar-refractivity contribution >= 4 is 51.9 Å². The minimum atomic E-state index is -0.477. The summed E-state index contributed by atoms with van der Waals surface area (Å²) in [6.07, 6.45) is 1.74. The minimum absolute atomic E-state index is 0.210. The van der Waals surface area contributed by atoms with Gasteiger partial charge in [0.2, 0.25) is 0 Å². The second kappa shape index (κ2) is 10.5. The first-order valence-electron chi connectivity index (χ1n) is 10.5. The summed E-state index contributed by atoms with van der Waals surface area (Å²) >= 11 is 6.67. The van der Waals surface area contributed by atoms with Crippen LogP contribution in [0.3, 0.4) is 0 Å². The minimum Gasteiger partial charge on any atom is -0.497 e. The Labute approximate surface area is 207 Å². The molecule has 34 heavy (non-hydrogen) atoms. The van der Waals surface area contributed by atoms with Crippen molar-refractivity contribution in [2.45, 2.75) is 6.92 Å². The van der Waals surface area contributed by atoms with E-state index in [1.807, 2.05) is 13.0 Å². The molecule has 8 heteroatoms. The topological polar surface area (TPSA) is 65.1 Å². The number of amides is 1. The van der Waals surface area contributed by atoms with Gasteiger partial charge in [-0.25, -0.2) is 4.79 Å².